The minimum atomic E-state index is -0.860. The largest absolute Gasteiger partial charge is 0.379 e. The molecule has 20 heavy (non-hydrogen) atoms. The third-order valence-electron chi connectivity index (χ3n) is 3.05. The lowest BCUT2D eigenvalue weighted by Crippen LogP contribution is -2.02. The van der Waals surface area contributed by atoms with Gasteiger partial charge in [0.1, 0.15) is 0 Å². The Morgan fingerprint density at radius 1 is 0.900 bits per heavy atom. The molecular formula is C16H12F2N2. The first-order chi connectivity index (χ1) is 9.72. The molecule has 3 aromatic rings. The summed E-state index contributed by atoms with van der Waals surface area (Å²) < 4.78 is 25.9. The molecule has 2 aromatic carbocycles. The Bertz CT molecular complexity index is 756. The van der Waals surface area contributed by atoms with E-state index in [4.69, 9.17) is 0 Å². The van der Waals surface area contributed by atoms with Gasteiger partial charge in [-0.3, -0.25) is 4.98 Å². The standard InChI is InChI=1S/C16H12F2N2/c17-14-8-7-12(9-15(14)18)19-10-13-6-5-11-3-1-2-4-16(11)20-13/h1-9,19H,10H2. The number of benzene rings is 2. The zero-order chi connectivity index (χ0) is 13.9. The normalized spacial score (nSPS) is 10.7. The van der Waals surface area contributed by atoms with Crippen LogP contribution in [0.2, 0.25) is 0 Å². The highest BCUT2D eigenvalue weighted by atomic mass is 19.2. The fraction of sp³-hybridized carbons (Fsp3) is 0.0625. The summed E-state index contributed by atoms with van der Waals surface area (Å²) >= 11 is 0. The summed E-state index contributed by atoms with van der Waals surface area (Å²) in [6, 6.07) is 15.5. The van der Waals surface area contributed by atoms with Gasteiger partial charge in [0, 0.05) is 17.1 Å². The Hall–Kier alpha value is -2.49. The maximum atomic E-state index is 13.1. The lowest BCUT2D eigenvalue weighted by Gasteiger charge is -2.07. The van der Waals surface area contributed by atoms with Gasteiger partial charge >= 0.3 is 0 Å². The molecule has 0 amide bonds. The van der Waals surface area contributed by atoms with Crippen molar-refractivity contribution in [2.45, 2.75) is 6.54 Å². The number of pyridine rings is 1. The van der Waals surface area contributed by atoms with E-state index in [-0.39, 0.29) is 0 Å². The first kappa shape index (κ1) is 12.5. The highest BCUT2D eigenvalue weighted by Gasteiger charge is 2.03. The molecule has 0 saturated carbocycles. The SMILES string of the molecule is Fc1ccc(NCc2ccc3ccccc3n2)cc1F. The van der Waals surface area contributed by atoms with E-state index in [0.29, 0.717) is 12.2 Å². The third-order valence-corrected chi connectivity index (χ3v) is 3.05. The second-order valence-electron chi connectivity index (χ2n) is 4.48. The quantitative estimate of drug-likeness (QED) is 0.774. The molecule has 0 bridgehead atoms. The Balaban J connectivity index is 1.77. The second kappa shape index (κ2) is 5.25. The number of anilines is 1. The van der Waals surface area contributed by atoms with E-state index in [0.717, 1.165) is 28.7 Å². The predicted octanol–water partition coefficient (Wildman–Crippen LogP) is 4.13. The van der Waals surface area contributed by atoms with E-state index >= 15 is 0 Å². The van der Waals surface area contributed by atoms with Crippen molar-refractivity contribution in [2.75, 3.05) is 5.32 Å². The van der Waals surface area contributed by atoms with Gasteiger partial charge in [-0.1, -0.05) is 24.3 Å². The average Bonchev–Trinajstić information content (AvgIpc) is 2.48. The van der Waals surface area contributed by atoms with Crippen molar-refractivity contribution in [2.24, 2.45) is 0 Å². The average molecular weight is 270 g/mol. The van der Waals surface area contributed by atoms with Gasteiger partial charge in [0.15, 0.2) is 11.6 Å². The van der Waals surface area contributed by atoms with Crippen molar-refractivity contribution in [1.29, 1.82) is 0 Å². The molecule has 1 heterocycles. The molecule has 0 atom stereocenters. The zero-order valence-electron chi connectivity index (χ0n) is 10.6. The van der Waals surface area contributed by atoms with E-state index in [1.807, 2.05) is 36.4 Å². The van der Waals surface area contributed by atoms with Gasteiger partial charge in [-0.2, -0.15) is 0 Å². The van der Waals surface area contributed by atoms with Crippen LogP contribution in [-0.2, 0) is 6.54 Å². The maximum absolute atomic E-state index is 13.1. The van der Waals surface area contributed by atoms with Crippen LogP contribution in [0.3, 0.4) is 0 Å². The number of para-hydroxylation sites is 1. The van der Waals surface area contributed by atoms with Crippen LogP contribution in [0.5, 0.6) is 0 Å². The van der Waals surface area contributed by atoms with E-state index in [1.54, 1.807) is 0 Å². The molecule has 0 unspecified atom stereocenters. The van der Waals surface area contributed by atoms with Crippen molar-refractivity contribution >= 4 is 16.6 Å². The van der Waals surface area contributed by atoms with Crippen LogP contribution in [0.4, 0.5) is 14.5 Å². The predicted molar refractivity (Wildman–Crippen MR) is 75.4 cm³/mol. The summed E-state index contributed by atoms with van der Waals surface area (Å²) in [7, 11) is 0. The molecule has 1 N–H and O–H groups in total. The summed E-state index contributed by atoms with van der Waals surface area (Å²) in [6.07, 6.45) is 0. The van der Waals surface area contributed by atoms with Crippen LogP contribution in [0.15, 0.2) is 54.6 Å². The van der Waals surface area contributed by atoms with E-state index in [9.17, 15) is 8.78 Å². The highest BCUT2D eigenvalue weighted by molar-refractivity contribution is 5.78. The molecule has 0 radical (unpaired) electrons. The first-order valence-corrected chi connectivity index (χ1v) is 6.26. The van der Waals surface area contributed by atoms with Gasteiger partial charge in [-0.15, -0.1) is 0 Å². The summed E-state index contributed by atoms with van der Waals surface area (Å²) in [4.78, 5) is 4.50. The van der Waals surface area contributed by atoms with Crippen molar-refractivity contribution in [1.82, 2.24) is 4.98 Å². The van der Waals surface area contributed by atoms with Crippen molar-refractivity contribution in [3.05, 3.63) is 71.9 Å². The Morgan fingerprint density at radius 2 is 1.75 bits per heavy atom. The Morgan fingerprint density at radius 3 is 2.60 bits per heavy atom. The van der Waals surface area contributed by atoms with Crippen LogP contribution in [-0.4, -0.2) is 4.98 Å². The Labute approximate surface area is 115 Å². The third kappa shape index (κ3) is 2.59. The number of halogens is 2. The van der Waals surface area contributed by atoms with Crippen LogP contribution in [0.1, 0.15) is 5.69 Å². The van der Waals surface area contributed by atoms with Crippen LogP contribution >= 0.6 is 0 Å². The summed E-state index contributed by atoms with van der Waals surface area (Å²) in [5, 5.41) is 4.10. The molecule has 0 aliphatic rings. The van der Waals surface area contributed by atoms with Gasteiger partial charge in [-0.05, 0) is 24.3 Å². The summed E-state index contributed by atoms with van der Waals surface area (Å²) in [5.41, 5.74) is 2.28. The number of hydrogen-bond acceptors (Lipinski definition) is 2. The summed E-state index contributed by atoms with van der Waals surface area (Å²) in [5.74, 6) is -1.71. The lowest BCUT2D eigenvalue weighted by atomic mass is 10.2. The number of nitrogens with zero attached hydrogens (tertiary/aromatic N) is 1. The van der Waals surface area contributed by atoms with Crippen molar-refractivity contribution in [3.8, 4) is 0 Å². The monoisotopic (exact) mass is 270 g/mol. The first-order valence-electron chi connectivity index (χ1n) is 6.26. The molecule has 0 spiro atoms. The number of fused-ring (bicyclic) bond motifs is 1. The van der Waals surface area contributed by atoms with Gasteiger partial charge in [-0.25, -0.2) is 8.78 Å². The van der Waals surface area contributed by atoms with E-state index in [1.165, 1.54) is 6.07 Å². The molecule has 0 fully saturated rings. The fourth-order valence-corrected chi connectivity index (χ4v) is 2.01. The number of hydrogen-bond donors (Lipinski definition) is 1. The maximum Gasteiger partial charge on any atom is 0.160 e. The molecular weight excluding hydrogens is 258 g/mol. The molecule has 0 aliphatic carbocycles. The molecule has 3 rings (SSSR count). The van der Waals surface area contributed by atoms with Crippen molar-refractivity contribution < 1.29 is 8.78 Å². The smallest absolute Gasteiger partial charge is 0.160 e. The second-order valence-corrected chi connectivity index (χ2v) is 4.48. The minimum absolute atomic E-state index is 0.454. The van der Waals surface area contributed by atoms with Crippen LogP contribution < -0.4 is 5.32 Å². The molecule has 0 saturated heterocycles. The number of nitrogens with one attached hydrogen (secondary N) is 1. The topological polar surface area (TPSA) is 24.9 Å². The van der Waals surface area contributed by atoms with Crippen molar-refractivity contribution in [3.63, 3.8) is 0 Å². The number of rotatable bonds is 3. The van der Waals surface area contributed by atoms with Crippen LogP contribution in [0, 0.1) is 11.6 Å². The van der Waals surface area contributed by atoms with Gasteiger partial charge in [0.05, 0.1) is 17.8 Å². The fourth-order valence-electron chi connectivity index (χ4n) is 2.01. The van der Waals surface area contributed by atoms with E-state index < -0.39 is 11.6 Å². The van der Waals surface area contributed by atoms with E-state index in [2.05, 4.69) is 10.3 Å². The lowest BCUT2D eigenvalue weighted by molar-refractivity contribution is 0.509. The summed E-state index contributed by atoms with van der Waals surface area (Å²) in [6.45, 7) is 0.454. The van der Waals surface area contributed by atoms with Crippen LogP contribution in [0.25, 0.3) is 10.9 Å². The highest BCUT2D eigenvalue weighted by Crippen LogP contribution is 2.15. The van der Waals surface area contributed by atoms with Gasteiger partial charge in [0.25, 0.3) is 0 Å². The Kier molecular flexibility index (Phi) is 3.29. The van der Waals surface area contributed by atoms with Gasteiger partial charge in [0.2, 0.25) is 0 Å². The molecule has 100 valence electrons. The van der Waals surface area contributed by atoms with Gasteiger partial charge < -0.3 is 5.32 Å². The zero-order valence-corrected chi connectivity index (χ0v) is 10.6. The molecule has 2 nitrogen and oxygen atoms in total. The number of aromatic nitrogens is 1. The molecule has 4 heteroatoms. The molecule has 0 aliphatic heterocycles. The minimum Gasteiger partial charge on any atom is -0.379 e. The molecule has 1 aromatic heterocycles.